The van der Waals surface area contributed by atoms with Crippen molar-refractivity contribution in [2.45, 2.75) is 4.90 Å². The van der Waals surface area contributed by atoms with Gasteiger partial charge >= 0.3 is 10.2 Å². The molecule has 0 aliphatic carbocycles. The van der Waals surface area contributed by atoms with Crippen LogP contribution in [0.5, 0.6) is 5.75 Å². The lowest BCUT2D eigenvalue weighted by atomic mass is 10.3. The van der Waals surface area contributed by atoms with Crippen molar-refractivity contribution >= 4 is 10.2 Å². The van der Waals surface area contributed by atoms with Crippen molar-refractivity contribution < 1.29 is 24.5 Å². The Kier molecular flexibility index (Phi) is 1.49. The number of benzene rings is 1. The minimum absolute atomic E-state index is 0.150. The maximum Gasteiger partial charge on any atom is 0.313 e. The Bertz CT molecular complexity index is 342. The number of phenolic OH excluding ortho intramolecular Hbond substituents is 1. The summed E-state index contributed by atoms with van der Waals surface area (Å²) in [6.07, 6.45) is 0. The first-order valence-corrected chi connectivity index (χ1v) is 4.98. The third kappa shape index (κ3) is 2.24. The highest BCUT2D eigenvalue weighted by Crippen LogP contribution is 3.02. The molecule has 0 heterocycles. The molecule has 1 N–H and O–H groups in total. The molecule has 1 aromatic carbocycles. The van der Waals surface area contributed by atoms with Crippen LogP contribution in [0.25, 0.3) is 0 Å². The molecule has 0 spiro atoms. The fraction of sp³-hybridized carbons (Fsp3) is 0. The van der Waals surface area contributed by atoms with E-state index in [0.717, 1.165) is 12.1 Å². The summed E-state index contributed by atoms with van der Waals surface area (Å²) < 4.78 is 60.2. The molecule has 0 aliphatic heterocycles. The fourth-order valence-electron chi connectivity index (χ4n) is 0.783. The molecule has 7 heteroatoms. The Balaban J connectivity index is 3.50. The van der Waals surface area contributed by atoms with Crippen molar-refractivity contribution in [3.05, 3.63) is 24.3 Å². The Morgan fingerprint density at radius 3 is 1.69 bits per heavy atom. The molecule has 0 unspecified atom stereocenters. The molecule has 0 saturated carbocycles. The summed E-state index contributed by atoms with van der Waals surface area (Å²) in [5, 5.41) is 8.61. The van der Waals surface area contributed by atoms with Crippen molar-refractivity contribution in [3.8, 4) is 5.75 Å². The van der Waals surface area contributed by atoms with E-state index in [-0.39, 0.29) is 6.07 Å². The lowest BCUT2D eigenvalue weighted by Crippen LogP contribution is -2.05. The van der Waals surface area contributed by atoms with Crippen LogP contribution in [0.4, 0.5) is 19.4 Å². The molecule has 1 nitrogen and oxygen atoms in total. The largest absolute Gasteiger partial charge is 0.506 e. The zero-order valence-electron chi connectivity index (χ0n) is 6.05. The van der Waals surface area contributed by atoms with E-state index in [1.807, 2.05) is 0 Å². The number of rotatable bonds is 1. The van der Waals surface area contributed by atoms with Crippen molar-refractivity contribution in [1.29, 1.82) is 0 Å². The van der Waals surface area contributed by atoms with Crippen LogP contribution in [0.15, 0.2) is 29.2 Å². The third-order valence-corrected chi connectivity index (χ3v) is 2.46. The van der Waals surface area contributed by atoms with E-state index >= 15 is 0 Å². The van der Waals surface area contributed by atoms with Crippen LogP contribution in [0.3, 0.4) is 0 Å². The van der Waals surface area contributed by atoms with Gasteiger partial charge in [-0.3, -0.25) is 0 Å². The van der Waals surface area contributed by atoms with Gasteiger partial charge in [-0.15, -0.1) is 0 Å². The van der Waals surface area contributed by atoms with Gasteiger partial charge in [0.25, 0.3) is 0 Å². The Labute approximate surface area is 70.5 Å². The van der Waals surface area contributed by atoms with E-state index in [4.69, 9.17) is 5.11 Å². The maximum absolute atomic E-state index is 12.0. The fourth-order valence-corrected chi connectivity index (χ4v) is 1.58. The summed E-state index contributed by atoms with van der Waals surface area (Å²) >= 11 is 0. The van der Waals surface area contributed by atoms with E-state index in [2.05, 4.69) is 0 Å². The van der Waals surface area contributed by atoms with Crippen LogP contribution in [0, 0.1) is 0 Å². The first-order chi connectivity index (χ1) is 5.50. The Hall–Kier alpha value is -0.980. The van der Waals surface area contributed by atoms with Gasteiger partial charge in [-0.2, -0.15) is 0 Å². The number of phenols is 1. The standard InChI is InChI=1S/C6H5F5OS/c7-13(8,9,10,11)6-4-2-1-3-5(6)12/h1-4,12H. The second kappa shape index (κ2) is 1.92. The van der Waals surface area contributed by atoms with Crippen molar-refractivity contribution in [3.63, 3.8) is 0 Å². The molecule has 0 amide bonds. The summed E-state index contributed by atoms with van der Waals surface area (Å²) in [7, 11) is -9.73. The molecule has 0 aromatic heterocycles. The summed E-state index contributed by atoms with van der Waals surface area (Å²) in [6, 6.07) is 2.53. The monoisotopic (exact) mass is 220 g/mol. The number of para-hydroxylation sites is 1. The van der Waals surface area contributed by atoms with Gasteiger partial charge in [0.1, 0.15) is 10.6 Å². The number of halogens is 5. The summed E-state index contributed by atoms with van der Waals surface area (Å²) in [4.78, 5) is -2.25. The van der Waals surface area contributed by atoms with E-state index in [0.29, 0.717) is 6.07 Å². The predicted molar refractivity (Wildman–Crippen MR) is 39.5 cm³/mol. The summed E-state index contributed by atoms with van der Waals surface area (Å²) in [5.74, 6) is -1.46. The van der Waals surface area contributed by atoms with Gasteiger partial charge in [0.2, 0.25) is 0 Å². The van der Waals surface area contributed by atoms with E-state index in [1.54, 1.807) is 0 Å². The second-order valence-electron chi connectivity index (χ2n) is 2.44. The lowest BCUT2D eigenvalue weighted by Gasteiger charge is -2.40. The predicted octanol–water partition coefficient (Wildman–Crippen LogP) is 4.05. The first-order valence-electron chi connectivity index (χ1n) is 3.03. The zero-order valence-corrected chi connectivity index (χ0v) is 6.87. The highest BCUT2D eigenvalue weighted by molar-refractivity contribution is 8.45. The van der Waals surface area contributed by atoms with Crippen LogP contribution < -0.4 is 0 Å². The van der Waals surface area contributed by atoms with Gasteiger partial charge in [0.05, 0.1) is 0 Å². The smallest absolute Gasteiger partial charge is 0.313 e. The molecular formula is C6H5F5OS. The van der Waals surface area contributed by atoms with Gasteiger partial charge in [-0.25, -0.2) is 0 Å². The van der Waals surface area contributed by atoms with E-state index in [9.17, 15) is 19.4 Å². The topological polar surface area (TPSA) is 20.2 Å². The van der Waals surface area contributed by atoms with E-state index < -0.39 is 20.9 Å². The van der Waals surface area contributed by atoms with Gasteiger partial charge in [-0.1, -0.05) is 31.6 Å². The number of aromatic hydroxyl groups is 1. The van der Waals surface area contributed by atoms with Crippen LogP contribution >= 0.6 is 10.2 Å². The maximum atomic E-state index is 12.0. The van der Waals surface area contributed by atoms with Gasteiger partial charge in [-0.05, 0) is 12.1 Å². The third-order valence-electron chi connectivity index (χ3n) is 1.28. The van der Waals surface area contributed by atoms with Crippen LogP contribution in [0.1, 0.15) is 0 Å². The number of hydrogen-bond donors (Lipinski definition) is 1. The van der Waals surface area contributed by atoms with Gasteiger partial charge < -0.3 is 5.11 Å². The van der Waals surface area contributed by atoms with Crippen molar-refractivity contribution in [2.75, 3.05) is 0 Å². The molecule has 0 bridgehead atoms. The zero-order chi connectivity index (χ0) is 10.4. The molecule has 1 aromatic rings. The molecule has 76 valence electrons. The first kappa shape index (κ1) is 10.1. The molecule has 1 rings (SSSR count). The Morgan fingerprint density at radius 1 is 0.923 bits per heavy atom. The highest BCUT2D eigenvalue weighted by Gasteiger charge is 2.66. The van der Waals surface area contributed by atoms with Crippen molar-refractivity contribution in [2.24, 2.45) is 0 Å². The molecule has 0 saturated heterocycles. The molecule has 13 heavy (non-hydrogen) atoms. The molecule has 0 aliphatic rings. The summed E-state index contributed by atoms with van der Waals surface area (Å²) in [5.41, 5.74) is 0. The van der Waals surface area contributed by atoms with Crippen LogP contribution in [0.2, 0.25) is 0 Å². The minimum atomic E-state index is -9.73. The van der Waals surface area contributed by atoms with Gasteiger partial charge in [0, 0.05) is 0 Å². The quantitative estimate of drug-likeness (QED) is 0.708. The summed E-state index contributed by atoms with van der Waals surface area (Å²) in [6.45, 7) is 0. The molecule has 0 fully saturated rings. The SMILES string of the molecule is Oc1ccccc1S(F)(F)(F)(F)F. The van der Waals surface area contributed by atoms with Crippen LogP contribution in [-0.2, 0) is 0 Å². The highest BCUT2D eigenvalue weighted by atomic mass is 32.5. The lowest BCUT2D eigenvalue weighted by molar-refractivity contribution is 0.352. The van der Waals surface area contributed by atoms with Crippen LogP contribution in [-0.4, -0.2) is 5.11 Å². The second-order valence-corrected chi connectivity index (χ2v) is 4.81. The Morgan fingerprint density at radius 2 is 1.38 bits per heavy atom. The molecular weight excluding hydrogens is 215 g/mol. The average Bonchev–Trinajstić information content (AvgIpc) is 1.82. The molecule has 0 radical (unpaired) electrons. The number of hydrogen-bond acceptors (Lipinski definition) is 1. The van der Waals surface area contributed by atoms with Crippen molar-refractivity contribution in [1.82, 2.24) is 0 Å². The minimum Gasteiger partial charge on any atom is -0.506 e. The normalized spacial score (nSPS) is 17.6. The average molecular weight is 220 g/mol. The molecule has 0 atom stereocenters. The van der Waals surface area contributed by atoms with Gasteiger partial charge in [0.15, 0.2) is 0 Å². The van der Waals surface area contributed by atoms with E-state index in [1.165, 1.54) is 0 Å².